The molecule has 0 spiro atoms. The van der Waals surface area contributed by atoms with Gasteiger partial charge in [0.1, 0.15) is 0 Å². The van der Waals surface area contributed by atoms with Gasteiger partial charge in [0.2, 0.25) is 6.54 Å². The zero-order chi connectivity index (χ0) is 9.68. The summed E-state index contributed by atoms with van der Waals surface area (Å²) >= 11 is 0. The molecule has 0 amide bonds. The molecule has 0 radical (unpaired) electrons. The van der Waals surface area contributed by atoms with E-state index in [9.17, 15) is 10.1 Å². The van der Waals surface area contributed by atoms with E-state index < -0.39 is 0 Å². The molecule has 0 bridgehead atoms. The van der Waals surface area contributed by atoms with E-state index in [4.69, 9.17) is 5.11 Å². The van der Waals surface area contributed by atoms with Crippen LogP contribution < -0.4 is 0 Å². The number of benzene rings is 1. The second-order valence-corrected chi connectivity index (χ2v) is 2.78. The van der Waals surface area contributed by atoms with Crippen molar-refractivity contribution in [1.82, 2.24) is 0 Å². The van der Waals surface area contributed by atoms with Gasteiger partial charge in [0.15, 0.2) is 0 Å². The molecular formula is C9H11NO3. The van der Waals surface area contributed by atoms with Gasteiger partial charge in [-0.15, -0.1) is 0 Å². The number of hydrogen-bond donors (Lipinski definition) is 1. The molecule has 0 saturated carbocycles. The van der Waals surface area contributed by atoms with Crippen LogP contribution in [-0.2, 0) is 13.0 Å². The zero-order valence-corrected chi connectivity index (χ0v) is 7.14. The number of aliphatic hydroxyl groups excluding tert-OH is 1. The SMILES string of the molecule is O=[N+]([O-])CCc1ccc(CO)cc1. The van der Waals surface area contributed by atoms with Crippen molar-refractivity contribution in [2.45, 2.75) is 13.0 Å². The molecule has 0 heterocycles. The molecule has 0 atom stereocenters. The minimum atomic E-state index is -0.333. The Balaban J connectivity index is 2.54. The molecule has 0 aliphatic carbocycles. The van der Waals surface area contributed by atoms with Crippen molar-refractivity contribution in [2.75, 3.05) is 6.54 Å². The maximum atomic E-state index is 10.1. The van der Waals surface area contributed by atoms with Gasteiger partial charge in [-0.25, -0.2) is 0 Å². The van der Waals surface area contributed by atoms with Crippen molar-refractivity contribution >= 4 is 0 Å². The van der Waals surface area contributed by atoms with E-state index in [0.29, 0.717) is 6.42 Å². The average Bonchev–Trinajstić information content (AvgIpc) is 2.15. The minimum Gasteiger partial charge on any atom is -0.392 e. The summed E-state index contributed by atoms with van der Waals surface area (Å²) in [5.74, 6) is 0. The first-order valence-corrected chi connectivity index (χ1v) is 4.03. The quantitative estimate of drug-likeness (QED) is 0.556. The smallest absolute Gasteiger partial charge is 0.207 e. The third-order valence-electron chi connectivity index (χ3n) is 1.79. The lowest BCUT2D eigenvalue weighted by Crippen LogP contribution is -2.03. The Morgan fingerprint density at radius 1 is 1.23 bits per heavy atom. The monoisotopic (exact) mass is 181 g/mol. The Hall–Kier alpha value is -1.42. The van der Waals surface area contributed by atoms with Crippen LogP contribution in [0.15, 0.2) is 24.3 Å². The molecule has 4 nitrogen and oxygen atoms in total. The second-order valence-electron chi connectivity index (χ2n) is 2.78. The maximum absolute atomic E-state index is 10.1. The molecule has 1 N–H and O–H groups in total. The molecule has 1 aromatic carbocycles. The first-order chi connectivity index (χ1) is 6.22. The molecular weight excluding hydrogens is 170 g/mol. The van der Waals surface area contributed by atoms with E-state index in [1.807, 2.05) is 0 Å². The predicted octanol–water partition coefficient (Wildman–Crippen LogP) is 0.998. The third-order valence-corrected chi connectivity index (χ3v) is 1.79. The zero-order valence-electron chi connectivity index (χ0n) is 7.14. The van der Waals surface area contributed by atoms with Gasteiger partial charge in [0.05, 0.1) is 6.61 Å². The van der Waals surface area contributed by atoms with Crippen molar-refractivity contribution in [2.24, 2.45) is 0 Å². The Morgan fingerprint density at radius 2 is 1.77 bits per heavy atom. The first kappa shape index (κ1) is 9.67. The number of nitrogens with zero attached hydrogens (tertiary/aromatic N) is 1. The van der Waals surface area contributed by atoms with Crippen molar-refractivity contribution in [3.8, 4) is 0 Å². The standard InChI is InChI=1S/C9H11NO3/c11-7-9-3-1-8(2-4-9)5-6-10(12)13/h1-4,11H,5-7H2. The molecule has 0 aliphatic rings. The highest BCUT2D eigenvalue weighted by atomic mass is 16.6. The molecule has 4 heteroatoms. The summed E-state index contributed by atoms with van der Waals surface area (Å²) in [6.45, 7) is -0.0337. The van der Waals surface area contributed by atoms with Gasteiger partial charge in [-0.1, -0.05) is 24.3 Å². The molecule has 1 rings (SSSR count). The molecule has 70 valence electrons. The first-order valence-electron chi connectivity index (χ1n) is 4.03. The van der Waals surface area contributed by atoms with Crippen LogP contribution in [0.5, 0.6) is 0 Å². The summed E-state index contributed by atoms with van der Waals surface area (Å²) in [4.78, 5) is 9.73. The van der Waals surface area contributed by atoms with Crippen LogP contribution in [0.25, 0.3) is 0 Å². The van der Waals surface area contributed by atoms with Gasteiger partial charge in [0, 0.05) is 11.3 Å². The summed E-state index contributed by atoms with van der Waals surface area (Å²) in [6.07, 6.45) is 0.443. The minimum absolute atomic E-state index is 0.00944. The fraction of sp³-hybridized carbons (Fsp3) is 0.333. The van der Waals surface area contributed by atoms with Crippen molar-refractivity contribution in [3.63, 3.8) is 0 Å². The molecule has 1 aromatic rings. The highest BCUT2D eigenvalue weighted by molar-refractivity contribution is 5.21. The number of hydrogen-bond acceptors (Lipinski definition) is 3. The molecule has 0 unspecified atom stereocenters. The van der Waals surface area contributed by atoms with Crippen LogP contribution >= 0.6 is 0 Å². The fourth-order valence-corrected chi connectivity index (χ4v) is 1.03. The Morgan fingerprint density at radius 3 is 2.23 bits per heavy atom. The van der Waals surface area contributed by atoms with Crippen molar-refractivity contribution in [1.29, 1.82) is 0 Å². The van der Waals surface area contributed by atoms with Crippen LogP contribution in [0, 0.1) is 10.1 Å². The maximum Gasteiger partial charge on any atom is 0.207 e. The van der Waals surface area contributed by atoms with Crippen molar-refractivity contribution in [3.05, 3.63) is 45.5 Å². The number of rotatable bonds is 4. The van der Waals surface area contributed by atoms with Gasteiger partial charge in [0.25, 0.3) is 0 Å². The molecule has 0 saturated heterocycles. The Labute approximate surface area is 76.0 Å². The summed E-state index contributed by atoms with van der Waals surface area (Å²) < 4.78 is 0. The van der Waals surface area contributed by atoms with Crippen molar-refractivity contribution < 1.29 is 10.0 Å². The van der Waals surface area contributed by atoms with Crippen LogP contribution in [-0.4, -0.2) is 16.6 Å². The fourth-order valence-electron chi connectivity index (χ4n) is 1.03. The summed E-state index contributed by atoms with van der Waals surface area (Å²) in [6, 6.07) is 7.15. The lowest BCUT2D eigenvalue weighted by Gasteiger charge is -1.98. The number of nitro groups is 1. The predicted molar refractivity (Wildman–Crippen MR) is 47.9 cm³/mol. The van der Waals surface area contributed by atoms with Crippen LogP contribution in [0.1, 0.15) is 11.1 Å². The highest BCUT2D eigenvalue weighted by Gasteiger charge is 1.99. The lowest BCUT2D eigenvalue weighted by molar-refractivity contribution is -0.479. The molecule has 0 fully saturated rings. The Bertz CT molecular complexity index is 281. The third kappa shape index (κ3) is 3.21. The van der Waals surface area contributed by atoms with Crippen LogP contribution in [0.4, 0.5) is 0 Å². The van der Waals surface area contributed by atoms with Gasteiger partial charge >= 0.3 is 0 Å². The normalized spacial score (nSPS) is 9.92. The summed E-state index contributed by atoms with van der Waals surface area (Å²) in [5, 5.41) is 18.8. The van der Waals surface area contributed by atoms with E-state index in [-0.39, 0.29) is 18.1 Å². The van der Waals surface area contributed by atoms with Crippen LogP contribution in [0.2, 0.25) is 0 Å². The molecule has 13 heavy (non-hydrogen) atoms. The molecule has 0 aliphatic heterocycles. The van der Waals surface area contributed by atoms with E-state index >= 15 is 0 Å². The van der Waals surface area contributed by atoms with E-state index in [2.05, 4.69) is 0 Å². The number of aliphatic hydroxyl groups is 1. The largest absolute Gasteiger partial charge is 0.392 e. The van der Waals surface area contributed by atoms with Gasteiger partial charge in [-0.3, -0.25) is 10.1 Å². The van der Waals surface area contributed by atoms with Gasteiger partial charge in [-0.2, -0.15) is 0 Å². The highest BCUT2D eigenvalue weighted by Crippen LogP contribution is 2.04. The average molecular weight is 181 g/mol. The van der Waals surface area contributed by atoms with E-state index in [1.54, 1.807) is 24.3 Å². The summed E-state index contributed by atoms with van der Waals surface area (Å²) in [5.41, 5.74) is 1.75. The van der Waals surface area contributed by atoms with Crippen LogP contribution in [0.3, 0.4) is 0 Å². The van der Waals surface area contributed by atoms with Gasteiger partial charge < -0.3 is 5.11 Å². The summed E-state index contributed by atoms with van der Waals surface area (Å²) in [7, 11) is 0. The topological polar surface area (TPSA) is 63.4 Å². The Kier molecular flexibility index (Phi) is 3.40. The lowest BCUT2D eigenvalue weighted by atomic mass is 10.1. The van der Waals surface area contributed by atoms with E-state index in [0.717, 1.165) is 11.1 Å². The molecule has 0 aromatic heterocycles. The van der Waals surface area contributed by atoms with E-state index in [1.165, 1.54) is 0 Å². The second kappa shape index (κ2) is 4.57. The van der Waals surface area contributed by atoms with Gasteiger partial charge in [-0.05, 0) is 11.1 Å².